The maximum Gasteiger partial charge on any atom is 0.287 e. The number of methoxy groups -OCH3 is 1. The summed E-state index contributed by atoms with van der Waals surface area (Å²) in [5.74, 6) is 1.30. The molecule has 0 aliphatic carbocycles. The topological polar surface area (TPSA) is 68.6 Å². The number of piperidine rings is 1. The van der Waals surface area contributed by atoms with Gasteiger partial charge in [0.15, 0.2) is 0 Å². The van der Waals surface area contributed by atoms with Gasteiger partial charge in [0.2, 0.25) is 0 Å². The number of benzene rings is 1. The fourth-order valence-corrected chi connectivity index (χ4v) is 5.24. The highest BCUT2D eigenvalue weighted by atomic mass is 35.5. The van der Waals surface area contributed by atoms with E-state index in [0.717, 1.165) is 69.2 Å². The Bertz CT molecular complexity index is 927. The largest absolute Gasteiger partial charge is 0.497 e. The second kappa shape index (κ2) is 10.7. The van der Waals surface area contributed by atoms with E-state index in [1.54, 1.807) is 29.9 Å². The molecular formula is C22H29ClN4O3S. The van der Waals surface area contributed by atoms with Crippen molar-refractivity contribution in [1.82, 2.24) is 14.1 Å². The molecule has 1 atom stereocenters. The first-order valence-electron chi connectivity index (χ1n) is 10.8. The lowest BCUT2D eigenvalue weighted by Crippen LogP contribution is -2.36. The third-order valence-electron chi connectivity index (χ3n) is 5.82. The van der Waals surface area contributed by atoms with Gasteiger partial charge < -0.3 is 14.8 Å². The molecule has 2 aliphatic rings. The minimum absolute atomic E-state index is 0.0629. The molecular weight excluding hydrogens is 436 g/mol. The molecule has 2 fully saturated rings. The summed E-state index contributed by atoms with van der Waals surface area (Å²) in [7, 11) is 1.68. The van der Waals surface area contributed by atoms with E-state index in [9.17, 15) is 4.79 Å². The number of nitrogens with one attached hydrogen (secondary N) is 1. The standard InChI is InChI=1S/C22H29ClN4O3S/c1-29-18-5-2-6-19(12-18)31-26-9-7-17(8-10-26)27-22(28)21(23)20(14-25-27)24-13-16-4-3-11-30-15-16/h2,5-6,12,14,16-17,24H,3-4,7-11,13,15H2,1H3. The molecule has 0 saturated carbocycles. The van der Waals surface area contributed by atoms with Crippen LogP contribution in [0.2, 0.25) is 5.02 Å². The Morgan fingerprint density at radius 1 is 1.32 bits per heavy atom. The zero-order chi connectivity index (χ0) is 21.6. The van der Waals surface area contributed by atoms with Crippen molar-refractivity contribution in [3.05, 3.63) is 45.8 Å². The third kappa shape index (κ3) is 5.74. The van der Waals surface area contributed by atoms with Crippen LogP contribution in [0.3, 0.4) is 0 Å². The molecule has 1 N–H and O–H groups in total. The summed E-state index contributed by atoms with van der Waals surface area (Å²) in [6, 6.07) is 8.12. The predicted molar refractivity (Wildman–Crippen MR) is 124 cm³/mol. The number of ether oxygens (including phenoxy) is 2. The minimum Gasteiger partial charge on any atom is -0.497 e. The molecule has 2 aromatic rings. The molecule has 168 valence electrons. The van der Waals surface area contributed by atoms with Crippen LogP contribution in [0.15, 0.2) is 40.2 Å². The first-order chi connectivity index (χ1) is 15.1. The van der Waals surface area contributed by atoms with E-state index in [0.29, 0.717) is 11.6 Å². The van der Waals surface area contributed by atoms with Crippen LogP contribution in [-0.4, -0.2) is 54.0 Å². The zero-order valence-electron chi connectivity index (χ0n) is 17.8. The summed E-state index contributed by atoms with van der Waals surface area (Å²) in [6.45, 7) is 4.08. The average Bonchev–Trinajstić information content (AvgIpc) is 2.81. The summed E-state index contributed by atoms with van der Waals surface area (Å²) >= 11 is 8.13. The van der Waals surface area contributed by atoms with Crippen LogP contribution < -0.4 is 15.6 Å². The Kier molecular flexibility index (Phi) is 7.76. The van der Waals surface area contributed by atoms with E-state index in [4.69, 9.17) is 21.1 Å². The van der Waals surface area contributed by atoms with Crippen molar-refractivity contribution in [3.8, 4) is 5.75 Å². The van der Waals surface area contributed by atoms with Crippen molar-refractivity contribution >= 4 is 29.2 Å². The Hall–Kier alpha value is -1.74. The van der Waals surface area contributed by atoms with Gasteiger partial charge in [-0.2, -0.15) is 5.10 Å². The number of anilines is 1. The molecule has 9 heteroatoms. The first kappa shape index (κ1) is 22.5. The highest BCUT2D eigenvalue weighted by molar-refractivity contribution is 7.97. The van der Waals surface area contributed by atoms with Crippen LogP contribution in [-0.2, 0) is 4.74 Å². The molecule has 31 heavy (non-hydrogen) atoms. The highest BCUT2D eigenvalue weighted by Gasteiger charge is 2.24. The van der Waals surface area contributed by atoms with Gasteiger partial charge in [-0.05, 0) is 61.7 Å². The molecule has 7 nitrogen and oxygen atoms in total. The smallest absolute Gasteiger partial charge is 0.287 e. The van der Waals surface area contributed by atoms with Crippen molar-refractivity contribution < 1.29 is 9.47 Å². The molecule has 0 radical (unpaired) electrons. The van der Waals surface area contributed by atoms with Gasteiger partial charge in [-0.1, -0.05) is 17.7 Å². The molecule has 2 saturated heterocycles. The first-order valence-corrected chi connectivity index (χ1v) is 11.9. The van der Waals surface area contributed by atoms with Crippen molar-refractivity contribution in [2.24, 2.45) is 5.92 Å². The Morgan fingerprint density at radius 3 is 2.90 bits per heavy atom. The Morgan fingerprint density at radius 2 is 2.16 bits per heavy atom. The Labute approximate surface area is 192 Å². The Balaban J connectivity index is 1.33. The van der Waals surface area contributed by atoms with E-state index in [-0.39, 0.29) is 16.6 Å². The van der Waals surface area contributed by atoms with E-state index in [1.165, 1.54) is 0 Å². The van der Waals surface area contributed by atoms with Crippen molar-refractivity contribution in [1.29, 1.82) is 0 Å². The number of hydrogen-bond acceptors (Lipinski definition) is 7. The van der Waals surface area contributed by atoms with Crippen LogP contribution in [0.4, 0.5) is 5.69 Å². The van der Waals surface area contributed by atoms with Gasteiger partial charge in [0.25, 0.3) is 5.56 Å². The van der Waals surface area contributed by atoms with Gasteiger partial charge in [0.05, 0.1) is 31.6 Å². The van der Waals surface area contributed by atoms with E-state index in [1.807, 2.05) is 18.2 Å². The van der Waals surface area contributed by atoms with E-state index < -0.39 is 0 Å². The summed E-state index contributed by atoms with van der Waals surface area (Å²) in [6.07, 6.45) is 5.60. The number of aromatic nitrogens is 2. The van der Waals surface area contributed by atoms with Crippen molar-refractivity contribution in [2.45, 2.75) is 36.6 Å². The normalized spacial score (nSPS) is 20.5. The molecule has 1 aromatic heterocycles. The highest BCUT2D eigenvalue weighted by Crippen LogP contribution is 2.31. The lowest BCUT2D eigenvalue weighted by molar-refractivity contribution is 0.0595. The average molecular weight is 465 g/mol. The fraction of sp³-hybridized carbons (Fsp3) is 0.545. The van der Waals surface area contributed by atoms with Crippen molar-refractivity contribution in [2.75, 3.05) is 45.3 Å². The molecule has 2 aliphatic heterocycles. The SMILES string of the molecule is COc1cccc(SN2CCC(n3ncc(NCC4CCCOC4)c(Cl)c3=O)CC2)c1. The number of nitrogens with zero attached hydrogens (tertiary/aromatic N) is 3. The van der Waals surface area contributed by atoms with E-state index >= 15 is 0 Å². The van der Waals surface area contributed by atoms with E-state index in [2.05, 4.69) is 20.8 Å². The molecule has 1 aromatic carbocycles. The van der Waals surface area contributed by atoms with Gasteiger partial charge in [-0.15, -0.1) is 0 Å². The summed E-state index contributed by atoms with van der Waals surface area (Å²) < 4.78 is 14.7. The van der Waals surface area contributed by atoms with Gasteiger partial charge >= 0.3 is 0 Å². The quantitative estimate of drug-likeness (QED) is 0.619. The number of hydrogen-bond donors (Lipinski definition) is 1. The molecule has 4 rings (SSSR count). The van der Waals surface area contributed by atoms with Crippen LogP contribution in [0.5, 0.6) is 5.75 Å². The van der Waals surface area contributed by atoms with Crippen molar-refractivity contribution in [3.63, 3.8) is 0 Å². The lowest BCUT2D eigenvalue weighted by Gasteiger charge is -2.31. The maximum atomic E-state index is 12.9. The fourth-order valence-electron chi connectivity index (χ4n) is 4.04. The summed E-state index contributed by atoms with van der Waals surface area (Å²) in [5.41, 5.74) is 0.393. The minimum atomic E-state index is -0.217. The second-order valence-corrected chi connectivity index (χ2v) is 9.56. The van der Waals surface area contributed by atoms with Gasteiger partial charge in [0, 0.05) is 31.1 Å². The van der Waals surface area contributed by atoms with Crippen LogP contribution in [0, 0.1) is 5.92 Å². The molecule has 3 heterocycles. The van der Waals surface area contributed by atoms with Gasteiger partial charge in [-0.3, -0.25) is 4.79 Å². The lowest BCUT2D eigenvalue weighted by atomic mass is 10.0. The molecule has 0 bridgehead atoms. The predicted octanol–water partition coefficient (Wildman–Crippen LogP) is 4.09. The molecule has 0 amide bonds. The molecule has 0 spiro atoms. The second-order valence-electron chi connectivity index (χ2n) is 8.02. The summed E-state index contributed by atoms with van der Waals surface area (Å²) in [4.78, 5) is 14.0. The van der Waals surface area contributed by atoms with Crippen LogP contribution in [0.1, 0.15) is 31.7 Å². The molecule has 1 unspecified atom stereocenters. The number of halogens is 1. The summed E-state index contributed by atoms with van der Waals surface area (Å²) in [5, 5.41) is 7.95. The van der Waals surface area contributed by atoms with Gasteiger partial charge in [0.1, 0.15) is 10.8 Å². The third-order valence-corrected chi connectivity index (χ3v) is 7.28. The van der Waals surface area contributed by atoms with Gasteiger partial charge in [-0.25, -0.2) is 8.99 Å². The maximum absolute atomic E-state index is 12.9. The number of rotatable bonds is 7. The zero-order valence-corrected chi connectivity index (χ0v) is 19.3. The van der Waals surface area contributed by atoms with Crippen LogP contribution >= 0.6 is 23.5 Å². The monoisotopic (exact) mass is 464 g/mol. The van der Waals surface area contributed by atoms with Crippen LogP contribution in [0.25, 0.3) is 0 Å².